The Hall–Kier alpha value is -1.88. The SMILES string of the molecule is O=C(C1CCC1)N1C[C@@H]2CN(C3CCCCC3)C[C@@H]2[C@H]1c1ccccc1.O=CO. The van der Waals surface area contributed by atoms with Crippen LogP contribution in [0.2, 0.25) is 0 Å². The van der Waals surface area contributed by atoms with Gasteiger partial charge in [0.25, 0.3) is 6.47 Å². The number of carbonyl (C=O) groups excluding carboxylic acids is 1. The minimum Gasteiger partial charge on any atom is -0.483 e. The Labute approximate surface area is 174 Å². The summed E-state index contributed by atoms with van der Waals surface area (Å²) in [4.78, 5) is 26.6. The van der Waals surface area contributed by atoms with Crippen LogP contribution in [0.1, 0.15) is 63.0 Å². The van der Waals surface area contributed by atoms with E-state index in [1.54, 1.807) is 0 Å². The molecule has 2 aliphatic carbocycles. The molecule has 4 fully saturated rings. The second kappa shape index (κ2) is 9.29. The smallest absolute Gasteiger partial charge is 0.290 e. The van der Waals surface area contributed by atoms with Crippen molar-refractivity contribution >= 4 is 12.4 Å². The van der Waals surface area contributed by atoms with Gasteiger partial charge in [0.05, 0.1) is 6.04 Å². The Balaban J connectivity index is 0.000000645. The first-order valence-electron chi connectivity index (χ1n) is 11.4. The molecule has 5 nitrogen and oxygen atoms in total. The van der Waals surface area contributed by atoms with Gasteiger partial charge in [-0.25, -0.2) is 0 Å². The van der Waals surface area contributed by atoms with Gasteiger partial charge in [0.15, 0.2) is 0 Å². The van der Waals surface area contributed by atoms with Crippen molar-refractivity contribution in [3.63, 3.8) is 0 Å². The van der Waals surface area contributed by atoms with Gasteiger partial charge in [0.1, 0.15) is 0 Å². The molecule has 158 valence electrons. The molecule has 3 atom stereocenters. The molecular formula is C24H34N2O3. The molecule has 1 aromatic carbocycles. The summed E-state index contributed by atoms with van der Waals surface area (Å²) >= 11 is 0. The Kier molecular flexibility index (Phi) is 6.53. The number of carbonyl (C=O) groups is 2. The van der Waals surface area contributed by atoms with Crippen LogP contribution in [0.4, 0.5) is 0 Å². The average Bonchev–Trinajstić information content (AvgIpc) is 3.26. The highest BCUT2D eigenvalue weighted by Crippen LogP contribution is 2.47. The van der Waals surface area contributed by atoms with Gasteiger partial charge in [-0.1, -0.05) is 56.0 Å². The van der Waals surface area contributed by atoms with Gasteiger partial charge in [-0.15, -0.1) is 0 Å². The first-order chi connectivity index (χ1) is 14.2. The third kappa shape index (κ3) is 4.20. The van der Waals surface area contributed by atoms with Crippen LogP contribution in [0.15, 0.2) is 30.3 Å². The molecule has 0 bridgehead atoms. The van der Waals surface area contributed by atoms with Crippen LogP contribution in [-0.2, 0) is 9.59 Å². The molecule has 2 heterocycles. The number of nitrogens with zero attached hydrogens (tertiary/aromatic N) is 2. The molecule has 0 unspecified atom stereocenters. The first-order valence-corrected chi connectivity index (χ1v) is 11.4. The van der Waals surface area contributed by atoms with Gasteiger partial charge < -0.3 is 10.0 Å². The van der Waals surface area contributed by atoms with Crippen LogP contribution in [-0.4, -0.2) is 53.0 Å². The number of benzene rings is 1. The maximum Gasteiger partial charge on any atom is 0.290 e. The van der Waals surface area contributed by atoms with E-state index >= 15 is 0 Å². The van der Waals surface area contributed by atoms with Crippen molar-refractivity contribution in [1.82, 2.24) is 9.80 Å². The lowest BCUT2D eigenvalue weighted by Crippen LogP contribution is -2.42. The molecule has 0 spiro atoms. The third-order valence-electron chi connectivity index (χ3n) is 7.66. The van der Waals surface area contributed by atoms with Gasteiger partial charge in [0, 0.05) is 37.5 Å². The summed E-state index contributed by atoms with van der Waals surface area (Å²) in [5, 5.41) is 6.89. The quantitative estimate of drug-likeness (QED) is 0.783. The normalized spacial score (nSPS) is 30.2. The van der Waals surface area contributed by atoms with Crippen molar-refractivity contribution in [2.24, 2.45) is 17.8 Å². The maximum absolute atomic E-state index is 13.1. The van der Waals surface area contributed by atoms with Crippen LogP contribution < -0.4 is 0 Å². The standard InChI is InChI=1S/C23H32N2O.CH2O2/c26-23(18-10-7-11-18)25-15-19-14-24(20-12-5-2-6-13-20)16-21(19)22(25)17-8-3-1-4-9-17;2-1-3/h1,3-4,8-9,18-22H,2,5-7,10-16H2;1H,(H,2,3)/t19-,21-,22+;/m0./s1. The summed E-state index contributed by atoms with van der Waals surface area (Å²) in [7, 11) is 0. The second-order valence-electron chi connectivity index (χ2n) is 9.25. The molecule has 4 aliphatic rings. The van der Waals surface area contributed by atoms with Crippen molar-refractivity contribution in [2.75, 3.05) is 19.6 Å². The predicted molar refractivity (Wildman–Crippen MR) is 112 cm³/mol. The highest BCUT2D eigenvalue weighted by Gasteiger charge is 2.51. The number of amides is 1. The highest BCUT2D eigenvalue weighted by atomic mass is 16.3. The Bertz CT molecular complexity index is 685. The summed E-state index contributed by atoms with van der Waals surface area (Å²) in [5.74, 6) is 2.06. The molecule has 1 aromatic rings. The van der Waals surface area contributed by atoms with Gasteiger partial charge in [0.2, 0.25) is 5.91 Å². The topological polar surface area (TPSA) is 60.9 Å². The predicted octanol–water partition coefficient (Wildman–Crippen LogP) is 3.95. The van der Waals surface area contributed by atoms with Crippen molar-refractivity contribution in [1.29, 1.82) is 0 Å². The average molecular weight is 399 g/mol. The van der Waals surface area contributed by atoms with E-state index in [1.807, 2.05) is 0 Å². The van der Waals surface area contributed by atoms with E-state index in [4.69, 9.17) is 9.90 Å². The fourth-order valence-corrected chi connectivity index (χ4v) is 6.02. The number of fused-ring (bicyclic) bond motifs is 1. The zero-order chi connectivity index (χ0) is 20.2. The lowest BCUT2D eigenvalue weighted by atomic mass is 9.83. The molecule has 29 heavy (non-hydrogen) atoms. The minimum atomic E-state index is -0.250. The van der Waals surface area contributed by atoms with E-state index in [1.165, 1.54) is 57.2 Å². The number of carboxylic acid groups (broad SMARTS) is 1. The maximum atomic E-state index is 13.1. The van der Waals surface area contributed by atoms with E-state index in [-0.39, 0.29) is 6.47 Å². The summed E-state index contributed by atoms with van der Waals surface area (Å²) in [6.45, 7) is 3.15. The number of hydrogen-bond acceptors (Lipinski definition) is 3. The van der Waals surface area contributed by atoms with Crippen LogP contribution in [0.3, 0.4) is 0 Å². The molecule has 2 saturated carbocycles. The summed E-state index contributed by atoms with van der Waals surface area (Å²) < 4.78 is 0. The van der Waals surface area contributed by atoms with E-state index in [0.717, 1.165) is 25.4 Å². The van der Waals surface area contributed by atoms with Crippen LogP contribution in [0, 0.1) is 17.8 Å². The van der Waals surface area contributed by atoms with Crippen LogP contribution in [0.5, 0.6) is 0 Å². The minimum absolute atomic E-state index is 0.250. The number of hydrogen-bond donors (Lipinski definition) is 1. The Morgan fingerprint density at radius 2 is 1.62 bits per heavy atom. The Morgan fingerprint density at radius 3 is 2.24 bits per heavy atom. The lowest BCUT2D eigenvalue weighted by molar-refractivity contribution is -0.139. The third-order valence-corrected chi connectivity index (χ3v) is 7.66. The Morgan fingerprint density at radius 1 is 0.931 bits per heavy atom. The number of rotatable bonds is 3. The van der Waals surface area contributed by atoms with Gasteiger partial charge in [-0.3, -0.25) is 14.5 Å². The molecule has 0 aromatic heterocycles. The van der Waals surface area contributed by atoms with Crippen molar-refractivity contribution in [2.45, 2.75) is 63.5 Å². The highest BCUT2D eigenvalue weighted by molar-refractivity contribution is 5.80. The van der Waals surface area contributed by atoms with E-state index in [0.29, 0.717) is 29.7 Å². The van der Waals surface area contributed by atoms with Gasteiger partial charge in [-0.05, 0) is 37.2 Å². The van der Waals surface area contributed by atoms with Crippen LogP contribution in [0.25, 0.3) is 0 Å². The van der Waals surface area contributed by atoms with E-state index in [9.17, 15) is 4.79 Å². The van der Waals surface area contributed by atoms with Crippen molar-refractivity contribution in [3.8, 4) is 0 Å². The first kappa shape index (κ1) is 20.4. The van der Waals surface area contributed by atoms with Crippen molar-refractivity contribution < 1.29 is 14.7 Å². The van der Waals surface area contributed by atoms with E-state index < -0.39 is 0 Å². The number of likely N-dealkylation sites (tertiary alicyclic amines) is 2. The molecule has 2 saturated heterocycles. The molecule has 0 radical (unpaired) electrons. The van der Waals surface area contributed by atoms with Gasteiger partial charge in [-0.2, -0.15) is 0 Å². The zero-order valence-corrected chi connectivity index (χ0v) is 17.3. The molecule has 5 rings (SSSR count). The summed E-state index contributed by atoms with van der Waals surface area (Å²) in [6.07, 6.45) is 10.5. The fourth-order valence-electron chi connectivity index (χ4n) is 6.02. The molecule has 5 heteroatoms. The molecular weight excluding hydrogens is 364 g/mol. The molecule has 1 N–H and O–H groups in total. The fraction of sp³-hybridized carbons (Fsp3) is 0.667. The summed E-state index contributed by atoms with van der Waals surface area (Å²) in [6, 6.07) is 12.0. The van der Waals surface area contributed by atoms with Crippen LogP contribution >= 0.6 is 0 Å². The second-order valence-corrected chi connectivity index (χ2v) is 9.25. The molecule has 2 aliphatic heterocycles. The molecule has 1 amide bonds. The summed E-state index contributed by atoms with van der Waals surface area (Å²) in [5.41, 5.74) is 1.36. The monoisotopic (exact) mass is 398 g/mol. The lowest BCUT2D eigenvalue weighted by Gasteiger charge is -2.37. The van der Waals surface area contributed by atoms with Crippen molar-refractivity contribution in [3.05, 3.63) is 35.9 Å². The van der Waals surface area contributed by atoms with E-state index in [2.05, 4.69) is 40.1 Å². The zero-order valence-electron chi connectivity index (χ0n) is 17.3. The largest absolute Gasteiger partial charge is 0.483 e. The van der Waals surface area contributed by atoms with Gasteiger partial charge >= 0.3 is 0 Å².